The fraction of sp³-hybridized carbons (Fsp3) is 0.909. The van der Waals surface area contributed by atoms with Gasteiger partial charge in [0.25, 0.3) is 0 Å². The van der Waals surface area contributed by atoms with Crippen LogP contribution in [-0.4, -0.2) is 36.5 Å². The lowest BCUT2D eigenvalue weighted by Gasteiger charge is -2.35. The minimum atomic E-state index is 0.102. The van der Waals surface area contributed by atoms with Gasteiger partial charge in [-0.1, -0.05) is 13.8 Å². The first kappa shape index (κ1) is 11.5. The molecule has 1 fully saturated rings. The average molecular weight is 198 g/mol. The number of likely N-dealkylation sites (tertiary alicyclic amines) is 1. The number of nitrogens with zero attached hydrogens (tertiary/aromatic N) is 1. The van der Waals surface area contributed by atoms with Crippen molar-refractivity contribution in [3.8, 4) is 0 Å². The Hall–Kier alpha value is -0.570. The number of rotatable bonds is 2. The number of carbonyl (C=O) groups is 1. The molecule has 0 aromatic heterocycles. The van der Waals surface area contributed by atoms with Gasteiger partial charge in [0.2, 0.25) is 5.91 Å². The molecule has 0 spiro atoms. The van der Waals surface area contributed by atoms with Gasteiger partial charge in [-0.2, -0.15) is 0 Å². The molecular formula is C11H22N2O. The van der Waals surface area contributed by atoms with Crippen molar-refractivity contribution < 1.29 is 4.79 Å². The van der Waals surface area contributed by atoms with E-state index < -0.39 is 0 Å². The summed E-state index contributed by atoms with van der Waals surface area (Å²) in [5.41, 5.74) is 0. The van der Waals surface area contributed by atoms with Crippen LogP contribution in [0.3, 0.4) is 0 Å². The monoisotopic (exact) mass is 198 g/mol. The molecular weight excluding hydrogens is 176 g/mol. The largest absolute Gasteiger partial charge is 0.353 e. The SMILES string of the molecule is CC(C)C(=O)NC1CCN(C)C(C)C1. The van der Waals surface area contributed by atoms with Gasteiger partial charge in [0.05, 0.1) is 0 Å². The number of hydrogen-bond donors (Lipinski definition) is 1. The van der Waals surface area contributed by atoms with E-state index >= 15 is 0 Å². The Balaban J connectivity index is 2.37. The minimum Gasteiger partial charge on any atom is -0.353 e. The van der Waals surface area contributed by atoms with Crippen molar-refractivity contribution in [3.05, 3.63) is 0 Å². The zero-order valence-corrected chi connectivity index (χ0v) is 9.71. The van der Waals surface area contributed by atoms with E-state index in [1.807, 2.05) is 13.8 Å². The molecule has 0 saturated carbocycles. The molecule has 1 N–H and O–H groups in total. The summed E-state index contributed by atoms with van der Waals surface area (Å²) in [7, 11) is 2.14. The summed E-state index contributed by atoms with van der Waals surface area (Å²) in [5, 5.41) is 3.10. The fourth-order valence-corrected chi connectivity index (χ4v) is 1.79. The molecule has 0 aromatic rings. The number of piperidine rings is 1. The van der Waals surface area contributed by atoms with Gasteiger partial charge in [0, 0.05) is 24.5 Å². The molecule has 1 aliphatic rings. The average Bonchev–Trinajstić information content (AvgIpc) is 2.11. The van der Waals surface area contributed by atoms with Gasteiger partial charge < -0.3 is 10.2 Å². The molecule has 1 amide bonds. The second-order valence-corrected chi connectivity index (χ2v) is 4.71. The van der Waals surface area contributed by atoms with Crippen LogP contribution in [0.4, 0.5) is 0 Å². The summed E-state index contributed by atoms with van der Waals surface area (Å²) in [4.78, 5) is 13.8. The molecule has 0 bridgehead atoms. The van der Waals surface area contributed by atoms with E-state index in [1.165, 1.54) is 0 Å². The van der Waals surface area contributed by atoms with Crippen LogP contribution in [0, 0.1) is 5.92 Å². The van der Waals surface area contributed by atoms with Crippen LogP contribution in [0.2, 0.25) is 0 Å². The Morgan fingerprint density at radius 2 is 2.14 bits per heavy atom. The van der Waals surface area contributed by atoms with Crippen molar-refractivity contribution in [2.75, 3.05) is 13.6 Å². The molecule has 0 aromatic carbocycles. The third-order valence-corrected chi connectivity index (χ3v) is 3.08. The summed E-state index contributed by atoms with van der Waals surface area (Å²) in [6.45, 7) is 7.18. The van der Waals surface area contributed by atoms with E-state index in [-0.39, 0.29) is 11.8 Å². The number of amides is 1. The summed E-state index contributed by atoms with van der Waals surface area (Å²) < 4.78 is 0. The number of nitrogens with one attached hydrogen (secondary N) is 1. The van der Waals surface area contributed by atoms with Crippen LogP contribution in [0.15, 0.2) is 0 Å². The van der Waals surface area contributed by atoms with Gasteiger partial charge in [0.1, 0.15) is 0 Å². The molecule has 3 heteroatoms. The molecule has 82 valence electrons. The van der Waals surface area contributed by atoms with E-state index in [1.54, 1.807) is 0 Å². The van der Waals surface area contributed by atoms with Crippen molar-refractivity contribution in [1.82, 2.24) is 10.2 Å². The third kappa shape index (κ3) is 2.98. The molecule has 14 heavy (non-hydrogen) atoms. The first-order chi connectivity index (χ1) is 6.50. The van der Waals surface area contributed by atoms with Crippen molar-refractivity contribution in [1.29, 1.82) is 0 Å². The second-order valence-electron chi connectivity index (χ2n) is 4.71. The van der Waals surface area contributed by atoms with E-state index in [9.17, 15) is 4.79 Å². The maximum absolute atomic E-state index is 11.5. The smallest absolute Gasteiger partial charge is 0.222 e. The topological polar surface area (TPSA) is 32.3 Å². The lowest BCUT2D eigenvalue weighted by molar-refractivity contribution is -0.125. The van der Waals surface area contributed by atoms with Crippen LogP contribution >= 0.6 is 0 Å². The zero-order chi connectivity index (χ0) is 10.7. The second kappa shape index (κ2) is 4.78. The minimum absolute atomic E-state index is 0.102. The highest BCUT2D eigenvalue weighted by atomic mass is 16.1. The van der Waals surface area contributed by atoms with Gasteiger partial charge in [0.15, 0.2) is 0 Å². The predicted molar refractivity (Wildman–Crippen MR) is 58.1 cm³/mol. The molecule has 0 aliphatic carbocycles. The van der Waals surface area contributed by atoms with E-state index in [4.69, 9.17) is 0 Å². The Morgan fingerprint density at radius 1 is 1.50 bits per heavy atom. The highest BCUT2D eigenvalue weighted by molar-refractivity contribution is 5.78. The van der Waals surface area contributed by atoms with E-state index in [2.05, 4.69) is 24.2 Å². The molecule has 1 saturated heterocycles. The quantitative estimate of drug-likeness (QED) is 0.724. The molecule has 2 atom stereocenters. The normalized spacial score (nSPS) is 29.2. The Labute approximate surface area is 86.9 Å². The van der Waals surface area contributed by atoms with Gasteiger partial charge in [-0.15, -0.1) is 0 Å². The molecule has 0 radical (unpaired) electrons. The molecule has 2 unspecified atom stereocenters. The van der Waals surface area contributed by atoms with E-state index in [0.717, 1.165) is 19.4 Å². The first-order valence-electron chi connectivity index (χ1n) is 5.51. The van der Waals surface area contributed by atoms with Crippen LogP contribution in [0.25, 0.3) is 0 Å². The molecule has 3 nitrogen and oxygen atoms in total. The predicted octanol–water partition coefficient (Wildman–Crippen LogP) is 1.24. The van der Waals surface area contributed by atoms with Crippen molar-refractivity contribution in [3.63, 3.8) is 0 Å². The highest BCUT2D eigenvalue weighted by Crippen LogP contribution is 2.15. The van der Waals surface area contributed by atoms with Gasteiger partial charge in [-0.05, 0) is 26.8 Å². The zero-order valence-electron chi connectivity index (χ0n) is 9.71. The van der Waals surface area contributed by atoms with Crippen molar-refractivity contribution >= 4 is 5.91 Å². The molecule has 1 rings (SSSR count). The summed E-state index contributed by atoms with van der Waals surface area (Å²) >= 11 is 0. The van der Waals surface area contributed by atoms with E-state index in [0.29, 0.717) is 12.1 Å². The van der Waals surface area contributed by atoms with Crippen molar-refractivity contribution in [2.24, 2.45) is 5.92 Å². The molecule has 1 heterocycles. The lowest BCUT2D eigenvalue weighted by atomic mass is 9.98. The van der Waals surface area contributed by atoms with Crippen LogP contribution in [0.5, 0.6) is 0 Å². The van der Waals surface area contributed by atoms with Crippen molar-refractivity contribution in [2.45, 2.75) is 45.7 Å². The Morgan fingerprint density at radius 3 is 2.64 bits per heavy atom. The maximum atomic E-state index is 11.5. The van der Waals surface area contributed by atoms with Gasteiger partial charge >= 0.3 is 0 Å². The summed E-state index contributed by atoms with van der Waals surface area (Å²) in [5.74, 6) is 0.289. The molecule has 1 aliphatic heterocycles. The first-order valence-corrected chi connectivity index (χ1v) is 5.51. The number of carbonyl (C=O) groups excluding carboxylic acids is 1. The number of hydrogen-bond acceptors (Lipinski definition) is 2. The fourth-order valence-electron chi connectivity index (χ4n) is 1.79. The standard InChI is InChI=1S/C11H22N2O/c1-8(2)11(14)12-10-5-6-13(4)9(3)7-10/h8-10H,5-7H2,1-4H3,(H,12,14). The lowest BCUT2D eigenvalue weighted by Crippen LogP contribution is -2.48. The van der Waals surface area contributed by atoms with Gasteiger partial charge in [-0.3, -0.25) is 4.79 Å². The highest BCUT2D eigenvalue weighted by Gasteiger charge is 2.24. The van der Waals surface area contributed by atoms with Crippen LogP contribution in [0.1, 0.15) is 33.6 Å². The van der Waals surface area contributed by atoms with Crippen LogP contribution < -0.4 is 5.32 Å². The third-order valence-electron chi connectivity index (χ3n) is 3.08. The Kier molecular flexibility index (Phi) is 3.93. The summed E-state index contributed by atoms with van der Waals surface area (Å²) in [6.07, 6.45) is 2.16. The maximum Gasteiger partial charge on any atom is 0.222 e. The van der Waals surface area contributed by atoms with Gasteiger partial charge in [-0.25, -0.2) is 0 Å². The Bertz CT molecular complexity index is 203. The summed E-state index contributed by atoms with van der Waals surface area (Å²) in [6, 6.07) is 0.970. The van der Waals surface area contributed by atoms with Crippen LogP contribution in [-0.2, 0) is 4.79 Å².